The second-order valence-electron chi connectivity index (χ2n) is 9.61. The average Bonchev–Trinajstić information content (AvgIpc) is 3.31. The normalized spacial score (nSPS) is 11.3. The number of hydrogen-bond donors (Lipinski definition) is 0. The van der Waals surface area contributed by atoms with Gasteiger partial charge in [0.2, 0.25) is 0 Å². The molecular weight excluding hydrogens is 450 g/mol. The lowest BCUT2D eigenvalue weighted by Crippen LogP contribution is -1.97. The minimum atomic E-state index is 0.795. The van der Waals surface area contributed by atoms with Crippen LogP contribution in [0.15, 0.2) is 42.5 Å². The van der Waals surface area contributed by atoms with Crippen LogP contribution in [0.3, 0.4) is 0 Å². The number of hydrogen-bond acceptors (Lipinski definition) is 4. The maximum atomic E-state index is 6.00. The van der Waals surface area contributed by atoms with Crippen molar-refractivity contribution >= 4 is 21.6 Å². The third-order valence-electron chi connectivity index (χ3n) is 6.49. The van der Waals surface area contributed by atoms with Gasteiger partial charge in [-0.05, 0) is 55.3 Å². The number of nitrogens with zero attached hydrogens (tertiary/aromatic N) is 1. The number of unbranched alkanes of at least 4 members (excludes halogenated alkanes) is 12. The number of aromatic nitrogens is 1. The Bertz CT molecular complexity index is 950. The van der Waals surface area contributed by atoms with Crippen molar-refractivity contribution in [3.63, 3.8) is 0 Å². The Balaban J connectivity index is 1.39. The molecule has 0 unspecified atom stereocenters. The molecule has 1 heterocycles. The number of benzene rings is 2. The topological polar surface area (TPSA) is 31.4 Å². The van der Waals surface area contributed by atoms with Crippen LogP contribution in [-0.4, -0.2) is 18.2 Å². The summed E-state index contributed by atoms with van der Waals surface area (Å²) in [6.07, 6.45) is 18.3. The molecule has 192 valence electrons. The van der Waals surface area contributed by atoms with Crippen LogP contribution in [0.5, 0.6) is 11.5 Å². The molecule has 0 aliphatic rings. The minimum absolute atomic E-state index is 0.795. The highest BCUT2D eigenvalue weighted by molar-refractivity contribution is 7.21. The fraction of sp³-hybridized carbons (Fsp3) is 0.581. The Hall–Kier alpha value is -2.07. The Labute approximate surface area is 217 Å². The van der Waals surface area contributed by atoms with Gasteiger partial charge in [-0.25, -0.2) is 4.98 Å². The highest BCUT2D eigenvalue weighted by atomic mass is 32.1. The van der Waals surface area contributed by atoms with E-state index in [9.17, 15) is 0 Å². The maximum Gasteiger partial charge on any atom is 0.124 e. The van der Waals surface area contributed by atoms with Crippen molar-refractivity contribution in [3.05, 3.63) is 42.5 Å². The zero-order valence-corrected chi connectivity index (χ0v) is 22.8. The third-order valence-corrected chi connectivity index (χ3v) is 7.56. The van der Waals surface area contributed by atoms with Gasteiger partial charge in [0.25, 0.3) is 0 Å². The van der Waals surface area contributed by atoms with E-state index in [0.717, 1.165) is 53.6 Å². The molecule has 35 heavy (non-hydrogen) atoms. The molecule has 0 N–H and O–H groups in total. The zero-order chi connectivity index (χ0) is 24.6. The summed E-state index contributed by atoms with van der Waals surface area (Å²) in [6.45, 7) is 6.12. The van der Waals surface area contributed by atoms with Crippen LogP contribution in [0.1, 0.15) is 104 Å². The lowest BCUT2D eigenvalue weighted by molar-refractivity contribution is 0.304. The summed E-state index contributed by atoms with van der Waals surface area (Å²) in [5, 5.41) is 1.04. The first kappa shape index (κ1) is 27.5. The number of thiazole rings is 1. The Morgan fingerprint density at radius 3 is 1.71 bits per heavy atom. The van der Waals surface area contributed by atoms with Crippen molar-refractivity contribution in [2.24, 2.45) is 0 Å². The highest BCUT2D eigenvalue weighted by Gasteiger charge is 2.08. The Morgan fingerprint density at radius 1 is 0.600 bits per heavy atom. The lowest BCUT2D eigenvalue weighted by atomic mass is 10.1. The largest absolute Gasteiger partial charge is 0.494 e. The first-order valence-electron chi connectivity index (χ1n) is 14.1. The standard InChI is InChI=1S/C31H45NO2S/c1-3-5-7-9-11-12-14-15-23-33-27-19-17-26(18-20-27)31-32-29-22-21-28(25-30(29)35-31)34-24-16-13-10-8-6-4-2/h17-22,25H,3-16,23-24H2,1-2H3. The van der Waals surface area contributed by atoms with E-state index in [0.29, 0.717) is 0 Å². The van der Waals surface area contributed by atoms with Gasteiger partial charge in [-0.2, -0.15) is 0 Å². The summed E-state index contributed by atoms with van der Waals surface area (Å²) in [5.41, 5.74) is 2.17. The predicted octanol–water partition coefficient (Wildman–Crippen LogP) is 10.2. The summed E-state index contributed by atoms with van der Waals surface area (Å²) >= 11 is 1.73. The van der Waals surface area contributed by atoms with E-state index in [4.69, 9.17) is 14.5 Å². The lowest BCUT2D eigenvalue weighted by Gasteiger charge is -2.07. The first-order valence-corrected chi connectivity index (χ1v) is 14.9. The van der Waals surface area contributed by atoms with Crippen LogP contribution in [0.2, 0.25) is 0 Å². The van der Waals surface area contributed by atoms with Crippen molar-refractivity contribution in [1.82, 2.24) is 4.98 Å². The fourth-order valence-corrected chi connectivity index (χ4v) is 5.31. The molecular formula is C31H45NO2S. The number of ether oxygens (including phenoxy) is 2. The van der Waals surface area contributed by atoms with Gasteiger partial charge in [-0.3, -0.25) is 0 Å². The SMILES string of the molecule is CCCCCCCCCCOc1ccc(-c2nc3ccc(OCCCCCCCC)cc3s2)cc1. The van der Waals surface area contributed by atoms with Gasteiger partial charge in [0, 0.05) is 5.56 Å². The molecule has 1 aromatic heterocycles. The van der Waals surface area contributed by atoms with Crippen LogP contribution in [0, 0.1) is 0 Å². The molecule has 0 amide bonds. The van der Waals surface area contributed by atoms with E-state index in [-0.39, 0.29) is 0 Å². The van der Waals surface area contributed by atoms with E-state index in [1.807, 2.05) is 6.07 Å². The van der Waals surface area contributed by atoms with Crippen molar-refractivity contribution in [2.45, 2.75) is 104 Å². The highest BCUT2D eigenvalue weighted by Crippen LogP contribution is 2.33. The number of fused-ring (bicyclic) bond motifs is 1. The van der Waals surface area contributed by atoms with Crippen LogP contribution >= 0.6 is 11.3 Å². The zero-order valence-electron chi connectivity index (χ0n) is 22.0. The fourth-order valence-electron chi connectivity index (χ4n) is 4.31. The average molecular weight is 496 g/mol. The van der Waals surface area contributed by atoms with Crippen LogP contribution < -0.4 is 9.47 Å². The molecule has 0 spiro atoms. The molecule has 0 bridgehead atoms. The van der Waals surface area contributed by atoms with Gasteiger partial charge < -0.3 is 9.47 Å². The van der Waals surface area contributed by atoms with Crippen molar-refractivity contribution in [3.8, 4) is 22.1 Å². The Morgan fingerprint density at radius 2 is 1.11 bits per heavy atom. The van der Waals surface area contributed by atoms with Gasteiger partial charge in [-0.15, -0.1) is 11.3 Å². The number of rotatable bonds is 19. The minimum Gasteiger partial charge on any atom is -0.494 e. The van der Waals surface area contributed by atoms with Crippen LogP contribution in [0.4, 0.5) is 0 Å². The maximum absolute atomic E-state index is 6.00. The third kappa shape index (κ3) is 10.2. The molecule has 3 rings (SSSR count). The summed E-state index contributed by atoms with van der Waals surface area (Å²) in [7, 11) is 0. The first-order chi connectivity index (χ1) is 17.3. The van der Waals surface area contributed by atoms with Crippen molar-refractivity contribution < 1.29 is 9.47 Å². The second kappa shape index (κ2) is 16.6. The Kier molecular flexibility index (Phi) is 13.0. The summed E-state index contributed by atoms with van der Waals surface area (Å²) in [6, 6.07) is 14.6. The van der Waals surface area contributed by atoms with Gasteiger partial charge >= 0.3 is 0 Å². The molecule has 0 radical (unpaired) electrons. The molecule has 2 aromatic carbocycles. The smallest absolute Gasteiger partial charge is 0.124 e. The monoisotopic (exact) mass is 495 g/mol. The molecule has 0 aliphatic carbocycles. The second-order valence-corrected chi connectivity index (χ2v) is 10.6. The molecule has 0 saturated carbocycles. The van der Waals surface area contributed by atoms with Gasteiger partial charge in [0.05, 0.1) is 23.4 Å². The predicted molar refractivity (Wildman–Crippen MR) is 152 cm³/mol. The summed E-state index contributed by atoms with van der Waals surface area (Å²) < 4.78 is 13.1. The van der Waals surface area contributed by atoms with E-state index in [1.54, 1.807) is 11.3 Å². The quantitative estimate of drug-likeness (QED) is 0.155. The van der Waals surface area contributed by atoms with Crippen molar-refractivity contribution in [1.29, 1.82) is 0 Å². The van der Waals surface area contributed by atoms with Crippen LogP contribution in [0.25, 0.3) is 20.8 Å². The molecule has 0 aliphatic heterocycles. The molecule has 0 saturated heterocycles. The van der Waals surface area contributed by atoms with E-state index < -0.39 is 0 Å². The summed E-state index contributed by atoms with van der Waals surface area (Å²) in [5.74, 6) is 1.90. The van der Waals surface area contributed by atoms with E-state index >= 15 is 0 Å². The van der Waals surface area contributed by atoms with Gasteiger partial charge in [-0.1, -0.05) is 90.9 Å². The van der Waals surface area contributed by atoms with E-state index in [1.165, 1.54) is 81.7 Å². The molecule has 3 aromatic rings. The van der Waals surface area contributed by atoms with E-state index in [2.05, 4.69) is 50.2 Å². The van der Waals surface area contributed by atoms with Gasteiger partial charge in [0.15, 0.2) is 0 Å². The molecule has 0 atom stereocenters. The molecule has 0 fully saturated rings. The molecule has 4 heteroatoms. The summed E-state index contributed by atoms with van der Waals surface area (Å²) in [4.78, 5) is 4.84. The van der Waals surface area contributed by atoms with Crippen molar-refractivity contribution in [2.75, 3.05) is 13.2 Å². The van der Waals surface area contributed by atoms with Crippen LogP contribution in [-0.2, 0) is 0 Å². The molecule has 3 nitrogen and oxygen atoms in total. The van der Waals surface area contributed by atoms with Gasteiger partial charge in [0.1, 0.15) is 16.5 Å².